The van der Waals surface area contributed by atoms with Crippen LogP contribution in [0.2, 0.25) is 0 Å². The molecular weight excluding hydrogens is 258 g/mol. The van der Waals surface area contributed by atoms with E-state index < -0.39 is 16.0 Å². The van der Waals surface area contributed by atoms with Gasteiger partial charge in [-0.05, 0) is 18.6 Å². The molecule has 1 rings (SSSR count). The number of pyridine rings is 1. The number of ether oxygens (including phenoxy) is 1. The van der Waals surface area contributed by atoms with E-state index in [9.17, 15) is 13.2 Å². The monoisotopic (exact) mass is 273 g/mol. The van der Waals surface area contributed by atoms with Crippen LogP contribution >= 0.6 is 0 Å². The Kier molecular flexibility index (Phi) is 5.05. The molecule has 0 aliphatic heterocycles. The quantitative estimate of drug-likeness (QED) is 0.555. The van der Waals surface area contributed by atoms with Gasteiger partial charge in [0.15, 0.2) is 0 Å². The molecule has 1 aromatic heterocycles. The zero-order chi connectivity index (χ0) is 13.6. The maximum absolute atomic E-state index is 11.2. The van der Waals surface area contributed by atoms with E-state index in [1.807, 2.05) is 0 Å². The second-order valence-corrected chi connectivity index (χ2v) is 5.30. The summed E-state index contributed by atoms with van der Waals surface area (Å²) < 4.78 is 25.9. The van der Waals surface area contributed by atoms with Gasteiger partial charge in [0.05, 0.1) is 12.9 Å². The highest BCUT2D eigenvalue weighted by Gasteiger charge is 2.07. The van der Waals surface area contributed by atoms with Gasteiger partial charge >= 0.3 is 5.97 Å². The number of aromatic nitrogens is 1. The number of esters is 1. The van der Waals surface area contributed by atoms with Crippen LogP contribution in [-0.2, 0) is 14.8 Å². The molecule has 0 amide bonds. The number of sulfonamides is 1. The van der Waals surface area contributed by atoms with Crippen LogP contribution in [-0.4, -0.2) is 38.8 Å². The highest BCUT2D eigenvalue weighted by molar-refractivity contribution is 7.89. The minimum Gasteiger partial charge on any atom is -0.464 e. The van der Waals surface area contributed by atoms with Crippen molar-refractivity contribution in [1.29, 1.82) is 0 Å². The number of carbonyl (C=O) groups is 1. The van der Waals surface area contributed by atoms with E-state index in [0.717, 1.165) is 0 Å². The third-order valence-electron chi connectivity index (χ3n) is 2.09. The minimum absolute atomic E-state index is 0.0884. The smallest absolute Gasteiger partial charge is 0.356 e. The number of carbonyl (C=O) groups excluding carboxylic acids is 1. The fraction of sp³-hybridized carbons (Fsp3) is 0.400. The van der Waals surface area contributed by atoms with Crippen LogP contribution in [0.5, 0.6) is 0 Å². The van der Waals surface area contributed by atoms with Gasteiger partial charge < -0.3 is 10.1 Å². The summed E-state index contributed by atoms with van der Waals surface area (Å²) in [6.45, 7) is 0.432. The van der Waals surface area contributed by atoms with Crippen LogP contribution in [0, 0.1) is 0 Å². The molecule has 0 atom stereocenters. The fourth-order valence-corrected chi connectivity index (χ4v) is 1.81. The molecule has 0 aromatic carbocycles. The number of nitrogens with two attached hydrogens (primary N) is 1. The Morgan fingerprint density at radius 2 is 2.28 bits per heavy atom. The summed E-state index contributed by atoms with van der Waals surface area (Å²) in [5, 5.41) is 7.84. The Morgan fingerprint density at radius 1 is 1.56 bits per heavy atom. The SMILES string of the molecule is COC(=O)c1cc(NCCCS(N)(=O)=O)ccn1. The van der Waals surface area contributed by atoms with Crippen LogP contribution in [0.3, 0.4) is 0 Å². The van der Waals surface area contributed by atoms with Crippen molar-refractivity contribution >= 4 is 21.7 Å². The lowest BCUT2D eigenvalue weighted by molar-refractivity contribution is 0.0594. The number of hydrogen-bond donors (Lipinski definition) is 2. The molecule has 0 fully saturated rings. The molecule has 0 saturated carbocycles. The molecule has 0 saturated heterocycles. The van der Waals surface area contributed by atoms with Gasteiger partial charge in [0.25, 0.3) is 0 Å². The van der Waals surface area contributed by atoms with E-state index in [1.165, 1.54) is 19.4 Å². The van der Waals surface area contributed by atoms with Crippen LogP contribution in [0.25, 0.3) is 0 Å². The van der Waals surface area contributed by atoms with Crippen molar-refractivity contribution in [1.82, 2.24) is 4.98 Å². The van der Waals surface area contributed by atoms with Crippen LogP contribution in [0.4, 0.5) is 5.69 Å². The van der Waals surface area contributed by atoms with Gasteiger partial charge in [0.2, 0.25) is 10.0 Å². The number of primary sulfonamides is 1. The van der Waals surface area contributed by atoms with Crippen LogP contribution in [0.15, 0.2) is 18.3 Å². The normalized spacial score (nSPS) is 11.0. The van der Waals surface area contributed by atoms with E-state index in [2.05, 4.69) is 15.0 Å². The minimum atomic E-state index is -3.43. The van der Waals surface area contributed by atoms with Crippen molar-refractivity contribution in [2.45, 2.75) is 6.42 Å². The largest absolute Gasteiger partial charge is 0.464 e. The van der Waals surface area contributed by atoms with E-state index in [-0.39, 0.29) is 11.4 Å². The van der Waals surface area contributed by atoms with E-state index in [1.54, 1.807) is 6.07 Å². The Balaban J connectivity index is 2.50. The summed E-state index contributed by atoms with van der Waals surface area (Å²) in [5.74, 6) is -0.613. The summed E-state index contributed by atoms with van der Waals surface area (Å²) in [5.41, 5.74) is 0.855. The highest BCUT2D eigenvalue weighted by atomic mass is 32.2. The maximum Gasteiger partial charge on any atom is 0.356 e. The first kappa shape index (κ1) is 14.4. The molecule has 0 bridgehead atoms. The van der Waals surface area contributed by atoms with Crippen molar-refractivity contribution in [3.8, 4) is 0 Å². The molecule has 0 radical (unpaired) electrons. The molecular formula is C10H15N3O4S. The molecule has 0 spiro atoms. The Labute approximate surface area is 105 Å². The number of nitrogens with zero attached hydrogens (tertiary/aromatic N) is 1. The molecule has 18 heavy (non-hydrogen) atoms. The lowest BCUT2D eigenvalue weighted by Gasteiger charge is -2.06. The number of hydrogen-bond acceptors (Lipinski definition) is 6. The van der Waals surface area contributed by atoms with Crippen molar-refractivity contribution in [2.24, 2.45) is 5.14 Å². The first-order valence-electron chi connectivity index (χ1n) is 5.21. The molecule has 0 unspecified atom stereocenters. The second-order valence-electron chi connectivity index (χ2n) is 3.57. The highest BCUT2D eigenvalue weighted by Crippen LogP contribution is 2.08. The van der Waals surface area contributed by atoms with Gasteiger partial charge in [0.1, 0.15) is 5.69 Å². The van der Waals surface area contributed by atoms with Crippen molar-refractivity contribution in [2.75, 3.05) is 24.7 Å². The molecule has 8 heteroatoms. The topological polar surface area (TPSA) is 111 Å². The van der Waals surface area contributed by atoms with Gasteiger partial charge in [-0.3, -0.25) is 0 Å². The Hall–Kier alpha value is -1.67. The Bertz CT molecular complexity index is 516. The van der Waals surface area contributed by atoms with E-state index in [0.29, 0.717) is 18.7 Å². The number of methoxy groups -OCH3 is 1. The lowest BCUT2D eigenvalue weighted by Crippen LogP contribution is -2.18. The maximum atomic E-state index is 11.2. The van der Waals surface area contributed by atoms with Gasteiger partial charge in [0, 0.05) is 18.4 Å². The number of nitrogens with one attached hydrogen (secondary N) is 1. The predicted molar refractivity (Wildman–Crippen MR) is 66.7 cm³/mol. The van der Waals surface area contributed by atoms with Gasteiger partial charge in [-0.1, -0.05) is 0 Å². The van der Waals surface area contributed by atoms with Crippen molar-refractivity contribution in [3.63, 3.8) is 0 Å². The Morgan fingerprint density at radius 3 is 2.89 bits per heavy atom. The molecule has 0 aliphatic carbocycles. The fourth-order valence-electron chi connectivity index (χ4n) is 1.26. The van der Waals surface area contributed by atoms with E-state index >= 15 is 0 Å². The summed E-state index contributed by atoms with van der Waals surface area (Å²) in [7, 11) is -2.16. The molecule has 7 nitrogen and oxygen atoms in total. The zero-order valence-electron chi connectivity index (χ0n) is 9.92. The third kappa shape index (κ3) is 5.11. The predicted octanol–water partition coefficient (Wildman–Crippen LogP) is -0.0413. The first-order chi connectivity index (χ1) is 8.42. The second kappa shape index (κ2) is 6.31. The standard InChI is InChI=1S/C10H15N3O4S/c1-17-10(14)9-7-8(3-5-13-9)12-4-2-6-18(11,15)16/h3,5,7H,2,4,6H2,1H3,(H,12,13)(H2,11,15,16). The van der Waals surface area contributed by atoms with Gasteiger partial charge in [-0.2, -0.15) is 0 Å². The zero-order valence-corrected chi connectivity index (χ0v) is 10.7. The summed E-state index contributed by atoms with van der Waals surface area (Å²) in [4.78, 5) is 15.1. The molecule has 1 aromatic rings. The molecule has 3 N–H and O–H groups in total. The van der Waals surface area contributed by atoms with Gasteiger partial charge in [-0.25, -0.2) is 23.3 Å². The number of anilines is 1. The van der Waals surface area contributed by atoms with Crippen LogP contribution in [0.1, 0.15) is 16.9 Å². The van der Waals surface area contributed by atoms with Crippen molar-refractivity contribution < 1.29 is 17.9 Å². The number of rotatable bonds is 6. The molecule has 100 valence electrons. The van der Waals surface area contributed by atoms with E-state index in [4.69, 9.17) is 5.14 Å². The van der Waals surface area contributed by atoms with Crippen LogP contribution < -0.4 is 10.5 Å². The lowest BCUT2D eigenvalue weighted by atomic mass is 10.3. The summed E-state index contributed by atoms with van der Waals surface area (Å²) in [6.07, 6.45) is 1.85. The average Bonchev–Trinajstić information content (AvgIpc) is 2.33. The van der Waals surface area contributed by atoms with Crippen molar-refractivity contribution in [3.05, 3.63) is 24.0 Å². The summed E-state index contributed by atoms with van der Waals surface area (Å²) in [6, 6.07) is 3.20. The van der Waals surface area contributed by atoms with Gasteiger partial charge in [-0.15, -0.1) is 0 Å². The molecule has 0 aliphatic rings. The molecule has 1 heterocycles. The summed E-state index contributed by atoms with van der Waals surface area (Å²) >= 11 is 0. The average molecular weight is 273 g/mol. The first-order valence-corrected chi connectivity index (χ1v) is 6.92. The third-order valence-corrected chi connectivity index (χ3v) is 2.95.